The van der Waals surface area contributed by atoms with Crippen molar-refractivity contribution in [1.29, 1.82) is 0 Å². The Morgan fingerprint density at radius 2 is 2.03 bits per heavy atom. The van der Waals surface area contributed by atoms with Gasteiger partial charge in [0.15, 0.2) is 11.7 Å². The average molecular weight is 498 g/mol. The summed E-state index contributed by atoms with van der Waals surface area (Å²) in [5, 5.41) is 34.4. The normalized spacial score (nSPS) is 13.6. The number of carbonyl (C=O) groups excluding carboxylic acids is 2. The highest BCUT2D eigenvalue weighted by Crippen LogP contribution is 2.36. The number of benzene rings is 1. The Balaban J connectivity index is 1.63. The maximum absolute atomic E-state index is 12.4. The number of hydrogen-bond donors (Lipinski definition) is 6. The molecule has 1 unspecified atom stereocenters. The van der Waals surface area contributed by atoms with Crippen molar-refractivity contribution in [3.63, 3.8) is 0 Å². The number of hydrogen-bond acceptors (Lipinski definition) is 8. The molecule has 3 rings (SSSR count). The van der Waals surface area contributed by atoms with Crippen molar-refractivity contribution in [2.24, 2.45) is 12.0 Å². The zero-order valence-electron chi connectivity index (χ0n) is 17.4. The molecule has 1 aliphatic rings. The molecule has 33 heavy (non-hydrogen) atoms. The first-order valence-corrected chi connectivity index (χ1v) is 10.5. The van der Waals surface area contributed by atoms with Crippen LogP contribution in [0.4, 0.5) is 5.82 Å². The summed E-state index contributed by atoms with van der Waals surface area (Å²) in [5.41, 5.74) is 0.103. The van der Waals surface area contributed by atoms with Crippen LogP contribution in [-0.4, -0.2) is 63.4 Å². The predicted molar refractivity (Wildman–Crippen MR) is 121 cm³/mol. The van der Waals surface area contributed by atoms with Gasteiger partial charge in [0, 0.05) is 30.2 Å². The van der Waals surface area contributed by atoms with Gasteiger partial charge in [0.25, 0.3) is 5.91 Å². The number of rotatable bonds is 8. The number of nitrogens with one attached hydrogen (secondary N) is 4. The van der Waals surface area contributed by atoms with Gasteiger partial charge in [-0.2, -0.15) is 5.10 Å². The van der Waals surface area contributed by atoms with E-state index < -0.39 is 42.5 Å². The molecule has 1 aliphatic heterocycles. The summed E-state index contributed by atoms with van der Waals surface area (Å²) in [6.07, 6.45) is -0.545. The second-order valence-corrected chi connectivity index (χ2v) is 7.89. The Labute approximate surface area is 198 Å². The molecule has 0 saturated carbocycles. The third-order valence-corrected chi connectivity index (χ3v) is 5.10. The van der Waals surface area contributed by atoms with Gasteiger partial charge >= 0.3 is 5.97 Å². The Morgan fingerprint density at radius 3 is 2.70 bits per heavy atom. The molecule has 6 N–H and O–H groups in total. The van der Waals surface area contributed by atoms with E-state index in [0.29, 0.717) is 24.9 Å². The van der Waals surface area contributed by atoms with Gasteiger partial charge in [-0.25, -0.2) is 0 Å². The van der Waals surface area contributed by atoms with Crippen LogP contribution in [0.25, 0.3) is 0 Å². The molecule has 2 heterocycles. The smallest absolute Gasteiger partial charge is 0.305 e. The number of halogens is 2. The highest BCUT2D eigenvalue weighted by atomic mass is 35.5. The molecule has 0 saturated heterocycles. The van der Waals surface area contributed by atoms with E-state index in [9.17, 15) is 24.6 Å². The molecule has 0 radical (unpaired) electrons. The lowest BCUT2D eigenvalue weighted by Crippen LogP contribution is -2.39. The van der Waals surface area contributed by atoms with E-state index in [4.69, 9.17) is 23.2 Å². The molecule has 12 nitrogen and oxygen atoms in total. The number of guanidine groups is 1. The van der Waals surface area contributed by atoms with Crippen molar-refractivity contribution >= 4 is 52.8 Å². The zero-order chi connectivity index (χ0) is 24.1. The molecular formula is C19H21Cl2N7O5. The molecule has 0 aliphatic carbocycles. The van der Waals surface area contributed by atoms with Crippen LogP contribution in [0.1, 0.15) is 28.5 Å². The molecule has 2 amide bonds. The van der Waals surface area contributed by atoms with E-state index in [1.165, 1.54) is 22.9 Å². The van der Waals surface area contributed by atoms with Crippen LogP contribution >= 0.6 is 23.2 Å². The number of nitrogens with zero attached hydrogens (tertiary/aromatic N) is 3. The van der Waals surface area contributed by atoms with Gasteiger partial charge in [-0.15, -0.1) is 0 Å². The van der Waals surface area contributed by atoms with Crippen LogP contribution < -0.4 is 21.3 Å². The Hall–Kier alpha value is -3.51. The summed E-state index contributed by atoms with van der Waals surface area (Å²) >= 11 is 11.8. The van der Waals surface area contributed by atoms with E-state index in [2.05, 4.69) is 31.4 Å². The summed E-state index contributed by atoms with van der Waals surface area (Å²) in [5.74, 6) is -1.84. The molecule has 1 aromatic carbocycles. The van der Waals surface area contributed by atoms with Crippen LogP contribution in [0.5, 0.6) is 5.75 Å². The summed E-state index contributed by atoms with van der Waals surface area (Å²) in [6.45, 7) is 0.896. The number of carbonyl (C=O) groups is 3. The van der Waals surface area contributed by atoms with Crippen molar-refractivity contribution in [3.05, 3.63) is 39.5 Å². The Kier molecular flexibility index (Phi) is 7.61. The largest absolute Gasteiger partial charge is 0.506 e. The van der Waals surface area contributed by atoms with E-state index in [-0.39, 0.29) is 21.3 Å². The lowest BCUT2D eigenvalue weighted by molar-refractivity contribution is -0.137. The predicted octanol–water partition coefficient (Wildman–Crippen LogP) is 0.866. The highest BCUT2D eigenvalue weighted by Gasteiger charge is 2.24. The van der Waals surface area contributed by atoms with Crippen molar-refractivity contribution in [3.8, 4) is 5.75 Å². The van der Waals surface area contributed by atoms with Gasteiger partial charge in [0.1, 0.15) is 11.6 Å². The van der Waals surface area contributed by atoms with Gasteiger partial charge in [-0.05, 0) is 12.1 Å². The Morgan fingerprint density at radius 1 is 1.27 bits per heavy atom. The van der Waals surface area contributed by atoms with Crippen LogP contribution in [0.15, 0.2) is 23.2 Å². The number of aliphatic carboxylic acids is 1. The number of aromatic hydroxyl groups is 1. The number of phenolic OH excluding ortho intramolecular Hbond substituents is 1. The minimum absolute atomic E-state index is 0.0402. The monoisotopic (exact) mass is 497 g/mol. The average Bonchev–Trinajstić information content (AvgIpc) is 3.38. The molecule has 0 fully saturated rings. The highest BCUT2D eigenvalue weighted by molar-refractivity contribution is 6.35. The maximum Gasteiger partial charge on any atom is 0.305 e. The Bertz CT molecular complexity index is 1120. The number of aryl methyl sites for hydroxylation is 1. The fourth-order valence-electron chi connectivity index (χ4n) is 3.06. The van der Waals surface area contributed by atoms with Crippen LogP contribution in [0.3, 0.4) is 0 Å². The first kappa shape index (κ1) is 24.1. The molecule has 1 aromatic heterocycles. The van der Waals surface area contributed by atoms with Gasteiger partial charge in [0.2, 0.25) is 5.91 Å². The second-order valence-electron chi connectivity index (χ2n) is 7.05. The summed E-state index contributed by atoms with van der Waals surface area (Å²) in [6, 6.07) is 2.96. The van der Waals surface area contributed by atoms with E-state index >= 15 is 0 Å². The molecule has 1 atom stereocenters. The topological polar surface area (TPSA) is 170 Å². The number of aliphatic imine (C=N–C) groups is 1. The summed E-state index contributed by atoms with van der Waals surface area (Å²) in [4.78, 5) is 40.3. The molecule has 176 valence electrons. The lowest BCUT2D eigenvalue weighted by atomic mass is 10.0. The van der Waals surface area contributed by atoms with Gasteiger partial charge in [-0.3, -0.25) is 24.1 Å². The summed E-state index contributed by atoms with van der Waals surface area (Å²) in [7, 11) is 1.64. The first-order chi connectivity index (χ1) is 15.6. The van der Waals surface area contributed by atoms with Crippen LogP contribution in [0, 0.1) is 0 Å². The fourth-order valence-corrected chi connectivity index (χ4v) is 3.57. The van der Waals surface area contributed by atoms with Gasteiger partial charge in [-0.1, -0.05) is 23.2 Å². The number of carboxylic acid groups (broad SMARTS) is 1. The number of phenols is 1. The molecular weight excluding hydrogens is 477 g/mol. The van der Waals surface area contributed by atoms with Crippen molar-refractivity contribution in [2.45, 2.75) is 12.5 Å². The number of amides is 2. The quantitative estimate of drug-likeness (QED) is 0.311. The van der Waals surface area contributed by atoms with E-state index in [1.807, 2.05) is 0 Å². The second kappa shape index (κ2) is 10.4. The van der Waals surface area contributed by atoms with Crippen molar-refractivity contribution in [1.82, 2.24) is 25.7 Å². The van der Waals surface area contributed by atoms with E-state index in [0.717, 1.165) is 0 Å². The molecule has 0 spiro atoms. The van der Waals surface area contributed by atoms with Gasteiger partial charge in [0.05, 0.1) is 30.6 Å². The minimum atomic E-state index is -1.23. The molecule has 14 heteroatoms. The number of anilines is 1. The van der Waals surface area contributed by atoms with Gasteiger partial charge < -0.3 is 31.5 Å². The van der Waals surface area contributed by atoms with Crippen LogP contribution in [-0.2, 0) is 16.6 Å². The standard InChI is InChI=1S/C19H21Cl2N7O5/c1-28-14(26-19-22-2-3-23-19)6-13(27-28)18(33)24-8-15(29)25-12(7-16(30)31)10-4-9(20)5-11(21)17(10)32/h4-6,12,32H,2-3,7-8H2,1H3,(H,24,33)(H,25,29)(H,30,31)(H2,22,23,26). The van der Waals surface area contributed by atoms with E-state index in [1.54, 1.807) is 7.05 Å². The third-order valence-electron chi connectivity index (χ3n) is 4.59. The first-order valence-electron chi connectivity index (χ1n) is 9.70. The van der Waals surface area contributed by atoms with Crippen LogP contribution in [0.2, 0.25) is 10.0 Å². The van der Waals surface area contributed by atoms with Crippen molar-refractivity contribution in [2.75, 3.05) is 25.0 Å². The zero-order valence-corrected chi connectivity index (χ0v) is 18.9. The maximum atomic E-state index is 12.4. The lowest BCUT2D eigenvalue weighted by Gasteiger charge is -2.19. The minimum Gasteiger partial charge on any atom is -0.506 e. The number of aromatic nitrogens is 2. The number of carboxylic acids is 1. The van der Waals surface area contributed by atoms with Crippen molar-refractivity contribution < 1.29 is 24.6 Å². The SMILES string of the molecule is Cn1nc(C(=O)NCC(=O)NC(CC(=O)O)c2cc(Cl)cc(Cl)c2O)cc1NC1=NCCN1. The fraction of sp³-hybridized carbons (Fsp3) is 0.316. The molecule has 0 bridgehead atoms. The summed E-state index contributed by atoms with van der Waals surface area (Å²) < 4.78 is 1.45. The molecule has 2 aromatic rings. The third kappa shape index (κ3) is 6.26.